The minimum absolute atomic E-state index is 0.495. The van der Waals surface area contributed by atoms with Crippen LogP contribution in [-0.4, -0.2) is 11.1 Å². The maximum Gasteiger partial charge on any atom is 0.328 e. The second-order valence-electron chi connectivity index (χ2n) is 2.12. The Hall–Kier alpha value is -1.28. The lowest BCUT2D eigenvalue weighted by molar-refractivity contribution is -0.131. The van der Waals surface area contributed by atoms with Gasteiger partial charge in [0.2, 0.25) is 0 Å². The first kappa shape index (κ1) is 8.81. The lowest BCUT2D eigenvalue weighted by Crippen LogP contribution is -1.85. The Kier molecular flexibility index (Phi) is 2.88. The molecule has 0 aromatic heterocycles. The zero-order chi connectivity index (χ0) is 8.97. The molecule has 12 heavy (non-hydrogen) atoms. The number of hydrogen-bond acceptors (Lipinski definition) is 1. The highest BCUT2D eigenvalue weighted by Crippen LogP contribution is 2.15. The van der Waals surface area contributed by atoms with Gasteiger partial charge in [0.15, 0.2) is 0 Å². The minimum atomic E-state index is -0.987. The van der Waals surface area contributed by atoms with E-state index in [0.29, 0.717) is 10.6 Å². The normalized spacial score (nSPS) is 10.4. The lowest BCUT2D eigenvalue weighted by Gasteiger charge is -1.93. The highest BCUT2D eigenvalue weighted by molar-refractivity contribution is 6.32. The van der Waals surface area contributed by atoms with Crippen LogP contribution in [0.15, 0.2) is 24.3 Å². The van der Waals surface area contributed by atoms with Gasteiger partial charge in [0, 0.05) is 11.1 Å². The molecule has 0 aliphatic carbocycles. The molecule has 0 atom stereocenters. The first-order valence-corrected chi connectivity index (χ1v) is 3.64. The summed E-state index contributed by atoms with van der Waals surface area (Å²) in [7, 11) is 0. The van der Waals surface area contributed by atoms with E-state index in [-0.39, 0.29) is 0 Å². The zero-order valence-electron chi connectivity index (χ0n) is 6.12. The molecule has 0 amide bonds. The number of hydrogen-bond donors (Lipinski definition) is 1. The van der Waals surface area contributed by atoms with E-state index in [0.717, 1.165) is 6.08 Å². The van der Waals surface area contributed by atoms with Crippen molar-refractivity contribution in [3.05, 3.63) is 40.9 Å². The van der Waals surface area contributed by atoms with Crippen LogP contribution in [-0.2, 0) is 4.79 Å². The van der Waals surface area contributed by atoms with E-state index in [9.17, 15) is 4.79 Å². The average Bonchev–Trinajstić information content (AvgIpc) is 2.03. The van der Waals surface area contributed by atoms with Gasteiger partial charge in [-0.05, 0) is 23.8 Å². The molecule has 0 spiro atoms. The summed E-state index contributed by atoms with van der Waals surface area (Å²) in [5, 5.41) is 8.82. The first-order chi connectivity index (χ1) is 5.70. The van der Waals surface area contributed by atoms with E-state index in [1.54, 1.807) is 18.2 Å². The summed E-state index contributed by atoms with van der Waals surface area (Å²) in [5.41, 5.74) is 0.679. The van der Waals surface area contributed by atoms with E-state index in [2.05, 4.69) is 6.07 Å². The highest BCUT2D eigenvalue weighted by Gasteiger charge is 1.94. The zero-order valence-corrected chi connectivity index (χ0v) is 6.88. The Morgan fingerprint density at radius 1 is 1.67 bits per heavy atom. The highest BCUT2D eigenvalue weighted by atomic mass is 35.5. The molecule has 0 bridgehead atoms. The van der Waals surface area contributed by atoms with Crippen LogP contribution in [0.3, 0.4) is 0 Å². The molecule has 0 saturated carbocycles. The van der Waals surface area contributed by atoms with Gasteiger partial charge >= 0.3 is 5.97 Å². The fourth-order valence-electron chi connectivity index (χ4n) is 0.718. The summed E-state index contributed by atoms with van der Waals surface area (Å²) in [6.07, 6.45) is 2.49. The number of rotatable bonds is 2. The smallest absolute Gasteiger partial charge is 0.328 e. The number of carbonyl (C=O) groups is 1. The maximum atomic E-state index is 10.1. The van der Waals surface area contributed by atoms with Crippen LogP contribution >= 0.6 is 11.6 Å². The van der Waals surface area contributed by atoms with Crippen LogP contribution in [0.5, 0.6) is 0 Å². The predicted molar refractivity (Wildman–Crippen MR) is 47.0 cm³/mol. The standard InChI is InChI=1S/C9H6ClO2/c10-8-4-2-1-3-7(8)5-6-9(11)12/h1,3-6H,(H,11,12). The van der Waals surface area contributed by atoms with Crippen molar-refractivity contribution >= 4 is 23.6 Å². The summed E-state index contributed by atoms with van der Waals surface area (Å²) < 4.78 is 0. The first-order valence-electron chi connectivity index (χ1n) is 3.27. The van der Waals surface area contributed by atoms with Crippen molar-refractivity contribution in [1.82, 2.24) is 0 Å². The molecule has 0 unspecified atom stereocenters. The quantitative estimate of drug-likeness (QED) is 0.711. The van der Waals surface area contributed by atoms with Crippen molar-refractivity contribution < 1.29 is 9.90 Å². The van der Waals surface area contributed by atoms with Crippen molar-refractivity contribution in [1.29, 1.82) is 0 Å². The van der Waals surface area contributed by atoms with Crippen molar-refractivity contribution in [2.45, 2.75) is 0 Å². The van der Waals surface area contributed by atoms with Gasteiger partial charge in [-0.1, -0.05) is 23.7 Å². The summed E-state index contributed by atoms with van der Waals surface area (Å²) in [6.45, 7) is 0. The van der Waals surface area contributed by atoms with Gasteiger partial charge in [0.05, 0.1) is 0 Å². The van der Waals surface area contributed by atoms with Crippen LogP contribution in [0.25, 0.3) is 6.08 Å². The van der Waals surface area contributed by atoms with Crippen LogP contribution in [0.2, 0.25) is 5.02 Å². The van der Waals surface area contributed by atoms with Crippen molar-refractivity contribution in [2.24, 2.45) is 0 Å². The number of aliphatic carboxylic acids is 1. The number of carboxylic acid groups (broad SMARTS) is 1. The van der Waals surface area contributed by atoms with Gasteiger partial charge in [-0.2, -0.15) is 0 Å². The SMILES string of the molecule is O=C(O)C=Cc1cc[c]cc1Cl. The van der Waals surface area contributed by atoms with Crippen molar-refractivity contribution in [2.75, 3.05) is 0 Å². The molecule has 0 fully saturated rings. The molecule has 1 aromatic carbocycles. The molecule has 0 aliphatic heterocycles. The molecule has 3 heteroatoms. The maximum absolute atomic E-state index is 10.1. The summed E-state index contributed by atoms with van der Waals surface area (Å²) in [6, 6.07) is 7.73. The Balaban J connectivity index is 2.89. The third kappa shape index (κ3) is 2.40. The van der Waals surface area contributed by atoms with Gasteiger partial charge in [-0.25, -0.2) is 4.79 Å². The third-order valence-corrected chi connectivity index (χ3v) is 1.58. The van der Waals surface area contributed by atoms with E-state index in [4.69, 9.17) is 16.7 Å². The van der Waals surface area contributed by atoms with Gasteiger partial charge < -0.3 is 5.11 Å². The van der Waals surface area contributed by atoms with Crippen molar-refractivity contribution in [3.63, 3.8) is 0 Å². The van der Waals surface area contributed by atoms with Crippen LogP contribution in [0.4, 0.5) is 0 Å². The van der Waals surface area contributed by atoms with Crippen molar-refractivity contribution in [3.8, 4) is 0 Å². The molecule has 1 N–H and O–H groups in total. The number of halogens is 1. The molecular formula is C9H6ClO2. The van der Waals surface area contributed by atoms with Gasteiger partial charge in [-0.3, -0.25) is 0 Å². The van der Waals surface area contributed by atoms with Crippen LogP contribution in [0.1, 0.15) is 5.56 Å². The molecular weight excluding hydrogens is 176 g/mol. The average molecular weight is 182 g/mol. The molecule has 1 rings (SSSR count). The number of benzene rings is 1. The Morgan fingerprint density at radius 3 is 3.00 bits per heavy atom. The Morgan fingerprint density at radius 2 is 2.42 bits per heavy atom. The summed E-state index contributed by atoms with van der Waals surface area (Å²) >= 11 is 5.73. The molecule has 0 heterocycles. The second kappa shape index (κ2) is 3.93. The van der Waals surface area contributed by atoms with E-state index in [1.165, 1.54) is 6.08 Å². The Bertz CT molecular complexity index is 318. The summed E-state index contributed by atoms with van der Waals surface area (Å²) in [4.78, 5) is 10.1. The van der Waals surface area contributed by atoms with E-state index >= 15 is 0 Å². The fourth-order valence-corrected chi connectivity index (χ4v) is 0.907. The largest absolute Gasteiger partial charge is 0.478 e. The van der Waals surface area contributed by atoms with Gasteiger partial charge in [0.25, 0.3) is 0 Å². The predicted octanol–water partition coefficient (Wildman–Crippen LogP) is 2.24. The molecule has 1 radical (unpaired) electrons. The molecule has 2 nitrogen and oxygen atoms in total. The molecule has 0 saturated heterocycles. The monoisotopic (exact) mass is 181 g/mol. The molecule has 1 aromatic rings. The van der Waals surface area contributed by atoms with Crippen LogP contribution in [0, 0.1) is 6.07 Å². The Labute approximate surface area is 75.1 Å². The fraction of sp³-hybridized carbons (Fsp3) is 0. The molecule has 61 valence electrons. The van der Waals surface area contributed by atoms with E-state index in [1.807, 2.05) is 0 Å². The number of carboxylic acids is 1. The topological polar surface area (TPSA) is 37.3 Å². The second-order valence-corrected chi connectivity index (χ2v) is 2.53. The summed E-state index contributed by atoms with van der Waals surface area (Å²) in [5.74, 6) is -0.987. The molecule has 0 aliphatic rings. The third-order valence-electron chi connectivity index (χ3n) is 1.25. The lowest BCUT2D eigenvalue weighted by atomic mass is 10.2. The van der Waals surface area contributed by atoms with Crippen LogP contribution < -0.4 is 0 Å². The van der Waals surface area contributed by atoms with Gasteiger partial charge in [0.1, 0.15) is 0 Å². The van der Waals surface area contributed by atoms with E-state index < -0.39 is 5.97 Å². The minimum Gasteiger partial charge on any atom is -0.478 e. The van der Waals surface area contributed by atoms with Gasteiger partial charge in [-0.15, -0.1) is 0 Å².